The molecule has 1 heterocycles. The lowest BCUT2D eigenvalue weighted by atomic mass is 9.98. The molecule has 33 heavy (non-hydrogen) atoms. The lowest BCUT2D eigenvalue weighted by Crippen LogP contribution is -2.62. The van der Waals surface area contributed by atoms with Crippen LogP contribution in [0.2, 0.25) is 0 Å². The van der Waals surface area contributed by atoms with Crippen molar-refractivity contribution in [3.05, 3.63) is 0 Å². The van der Waals surface area contributed by atoms with Crippen molar-refractivity contribution < 1.29 is 38.0 Å². The highest BCUT2D eigenvalue weighted by molar-refractivity contribution is 5.70. The Morgan fingerprint density at radius 1 is 0.697 bits per heavy atom. The van der Waals surface area contributed by atoms with Crippen LogP contribution < -0.4 is 0 Å². The third-order valence-electron chi connectivity index (χ3n) is 5.53. The minimum absolute atomic E-state index is 0.221. The predicted octanol–water partition coefficient (Wildman–Crippen LogP) is 4.27. The topological polar surface area (TPSA) is 81.7 Å². The summed E-state index contributed by atoms with van der Waals surface area (Å²) in [5.74, 6) is -0.466. The van der Waals surface area contributed by atoms with E-state index in [0.29, 0.717) is 33.0 Å². The summed E-state index contributed by atoms with van der Waals surface area (Å²) in [4.78, 5) is 11.8. The van der Waals surface area contributed by atoms with Crippen molar-refractivity contribution in [2.75, 3.05) is 46.8 Å². The smallest absolute Gasteiger partial charge is 0.331 e. The van der Waals surface area contributed by atoms with Crippen LogP contribution in [0.3, 0.4) is 0 Å². The van der Waals surface area contributed by atoms with Crippen LogP contribution in [0.1, 0.15) is 79.1 Å². The van der Waals surface area contributed by atoms with Gasteiger partial charge in [0.25, 0.3) is 0 Å². The fourth-order valence-electron chi connectivity index (χ4n) is 3.46. The molecule has 1 fully saturated rings. The molecule has 0 spiro atoms. The van der Waals surface area contributed by atoms with Gasteiger partial charge in [-0.2, -0.15) is 0 Å². The Labute approximate surface area is 200 Å². The van der Waals surface area contributed by atoms with Crippen LogP contribution in [0, 0.1) is 0 Å². The van der Waals surface area contributed by atoms with E-state index >= 15 is 0 Å². The second-order valence-corrected chi connectivity index (χ2v) is 8.43. The number of rotatable bonds is 20. The highest BCUT2D eigenvalue weighted by Crippen LogP contribution is 2.30. The second-order valence-electron chi connectivity index (χ2n) is 8.43. The molecule has 0 amide bonds. The monoisotopic (exact) mass is 476 g/mol. The number of esters is 1. The summed E-state index contributed by atoms with van der Waals surface area (Å²) in [6, 6.07) is 0. The van der Waals surface area contributed by atoms with Gasteiger partial charge in [-0.3, -0.25) is 0 Å². The van der Waals surface area contributed by atoms with Gasteiger partial charge in [-0.1, -0.05) is 53.4 Å². The largest absolute Gasteiger partial charge is 0.467 e. The Balaban J connectivity index is 3.09. The Bertz CT molecular complexity index is 475. The van der Waals surface area contributed by atoms with Crippen LogP contribution in [-0.2, 0) is 38.0 Å². The molecule has 0 radical (unpaired) electrons. The fraction of sp³-hybridized carbons (Fsp3) is 0.960. The van der Waals surface area contributed by atoms with Crippen LogP contribution in [0.4, 0.5) is 0 Å². The molecule has 8 nitrogen and oxygen atoms in total. The first kappa shape index (κ1) is 30.3. The maximum Gasteiger partial charge on any atom is 0.331 e. The number of hydrogen-bond donors (Lipinski definition) is 0. The number of methoxy groups -OCH3 is 1. The highest BCUT2D eigenvalue weighted by atomic mass is 16.7. The maximum atomic E-state index is 11.8. The SMILES string of the molecule is CCCCOCC1O[C@@H](OCC(=O)OC)[C@@H](OCCCC)C(OCCCC)[C@H]1OCCCC. The highest BCUT2D eigenvalue weighted by Gasteiger charge is 2.49. The average Bonchev–Trinajstić information content (AvgIpc) is 2.82. The Hall–Kier alpha value is -0.770. The van der Waals surface area contributed by atoms with Gasteiger partial charge in [0.2, 0.25) is 0 Å². The van der Waals surface area contributed by atoms with Crippen molar-refractivity contribution in [1.29, 1.82) is 0 Å². The van der Waals surface area contributed by atoms with E-state index in [1.165, 1.54) is 7.11 Å². The van der Waals surface area contributed by atoms with E-state index in [1.54, 1.807) is 0 Å². The van der Waals surface area contributed by atoms with E-state index in [2.05, 4.69) is 27.7 Å². The third kappa shape index (κ3) is 12.0. The molecule has 0 N–H and O–H groups in total. The number of hydrogen-bond acceptors (Lipinski definition) is 8. The van der Waals surface area contributed by atoms with Gasteiger partial charge in [-0.15, -0.1) is 0 Å². The summed E-state index contributed by atoms with van der Waals surface area (Å²) in [5.41, 5.74) is 0. The lowest BCUT2D eigenvalue weighted by Gasteiger charge is -2.45. The van der Waals surface area contributed by atoms with E-state index in [0.717, 1.165) is 51.4 Å². The molecule has 0 saturated carbocycles. The van der Waals surface area contributed by atoms with Gasteiger partial charge in [0.1, 0.15) is 31.0 Å². The van der Waals surface area contributed by atoms with Gasteiger partial charge in [0, 0.05) is 26.4 Å². The van der Waals surface area contributed by atoms with Crippen molar-refractivity contribution in [2.24, 2.45) is 0 Å². The first-order valence-corrected chi connectivity index (χ1v) is 12.9. The second kappa shape index (κ2) is 19.5. The summed E-state index contributed by atoms with van der Waals surface area (Å²) >= 11 is 0. The minimum atomic E-state index is -0.779. The van der Waals surface area contributed by atoms with Crippen LogP contribution >= 0.6 is 0 Å². The normalized spacial score (nSPS) is 25.3. The summed E-state index contributed by atoms with van der Waals surface area (Å²) in [5, 5.41) is 0. The molecule has 1 aliphatic rings. The van der Waals surface area contributed by atoms with Crippen molar-refractivity contribution in [3.8, 4) is 0 Å². The Morgan fingerprint density at radius 3 is 1.76 bits per heavy atom. The van der Waals surface area contributed by atoms with Gasteiger partial charge in [0.05, 0.1) is 13.7 Å². The molecule has 0 aliphatic carbocycles. The lowest BCUT2D eigenvalue weighted by molar-refractivity contribution is -0.322. The summed E-state index contributed by atoms with van der Waals surface area (Å²) in [6.07, 6.45) is 5.48. The fourth-order valence-corrected chi connectivity index (χ4v) is 3.46. The van der Waals surface area contributed by atoms with Gasteiger partial charge in [-0.25, -0.2) is 4.79 Å². The number of carbonyl (C=O) groups is 1. The number of carbonyl (C=O) groups excluding carboxylic acids is 1. The molecule has 8 heteroatoms. The molecular formula is C25H48O8. The van der Waals surface area contributed by atoms with Gasteiger partial charge in [-0.05, 0) is 25.7 Å². The Morgan fingerprint density at radius 2 is 1.21 bits per heavy atom. The van der Waals surface area contributed by atoms with E-state index in [9.17, 15) is 4.79 Å². The molecule has 0 aromatic heterocycles. The molecule has 1 aliphatic heterocycles. The van der Waals surface area contributed by atoms with Crippen LogP contribution in [-0.4, -0.2) is 83.4 Å². The zero-order valence-corrected chi connectivity index (χ0v) is 21.6. The van der Waals surface area contributed by atoms with Crippen molar-refractivity contribution in [1.82, 2.24) is 0 Å². The summed E-state index contributed by atoms with van der Waals surface area (Å²) in [6.45, 7) is 11.1. The zero-order valence-electron chi connectivity index (χ0n) is 21.6. The van der Waals surface area contributed by atoms with Gasteiger partial charge in [0.15, 0.2) is 6.29 Å². The number of unbranched alkanes of at least 4 members (excludes halogenated alkanes) is 4. The van der Waals surface area contributed by atoms with E-state index < -0.39 is 18.4 Å². The molecule has 196 valence electrons. The molecule has 1 rings (SSSR count). The van der Waals surface area contributed by atoms with Crippen molar-refractivity contribution in [2.45, 2.75) is 110 Å². The standard InChI is InChI=1S/C25H48O8/c1-6-10-14-28-18-20-22(29-15-11-7-2)23(30-16-12-8-3)24(31-17-13-9-4)25(33-20)32-19-21(26)27-5/h20,22-25H,6-19H2,1-5H3/t20?,22-,23?,24-,25+/m0/s1. The van der Waals surface area contributed by atoms with Crippen molar-refractivity contribution >= 4 is 5.97 Å². The average molecular weight is 477 g/mol. The molecule has 0 bridgehead atoms. The third-order valence-corrected chi connectivity index (χ3v) is 5.53. The first-order valence-electron chi connectivity index (χ1n) is 12.9. The zero-order chi connectivity index (χ0) is 24.3. The molecule has 0 aromatic carbocycles. The van der Waals surface area contributed by atoms with E-state index in [1.807, 2.05) is 0 Å². The van der Waals surface area contributed by atoms with Crippen LogP contribution in [0.15, 0.2) is 0 Å². The first-order chi connectivity index (χ1) is 16.1. The quantitative estimate of drug-likeness (QED) is 0.190. The molecule has 0 aromatic rings. The van der Waals surface area contributed by atoms with E-state index in [-0.39, 0.29) is 24.9 Å². The predicted molar refractivity (Wildman–Crippen MR) is 126 cm³/mol. The minimum Gasteiger partial charge on any atom is -0.467 e. The summed E-state index contributed by atoms with van der Waals surface area (Å²) in [7, 11) is 1.33. The molecule has 2 unspecified atom stereocenters. The molecule has 5 atom stereocenters. The summed E-state index contributed by atoms with van der Waals surface area (Å²) < 4.78 is 41.7. The molecular weight excluding hydrogens is 428 g/mol. The van der Waals surface area contributed by atoms with E-state index in [4.69, 9.17) is 33.2 Å². The van der Waals surface area contributed by atoms with Gasteiger partial charge >= 0.3 is 5.97 Å². The Kier molecular flexibility index (Phi) is 17.9. The van der Waals surface area contributed by atoms with Crippen LogP contribution in [0.25, 0.3) is 0 Å². The molecule has 1 saturated heterocycles. The van der Waals surface area contributed by atoms with Crippen molar-refractivity contribution in [3.63, 3.8) is 0 Å². The van der Waals surface area contributed by atoms with Crippen LogP contribution in [0.5, 0.6) is 0 Å². The number of ether oxygens (including phenoxy) is 7. The maximum absolute atomic E-state index is 11.8. The van der Waals surface area contributed by atoms with Gasteiger partial charge < -0.3 is 33.2 Å².